The molecule has 0 saturated carbocycles. The number of aliphatic carboxylic acids is 1. The minimum atomic E-state index is -1.25. The maximum absolute atomic E-state index is 12.5. The second-order valence-electron chi connectivity index (χ2n) is 6.09. The zero-order valence-electron chi connectivity index (χ0n) is 13.8. The molecule has 132 valence electrons. The first-order valence-electron chi connectivity index (χ1n) is 7.74. The maximum Gasteiger partial charge on any atom is 0.352 e. The van der Waals surface area contributed by atoms with Crippen molar-refractivity contribution in [2.75, 3.05) is 12.4 Å². The minimum absolute atomic E-state index is 0.173. The number of carboxylic acid groups (broad SMARTS) is 1. The van der Waals surface area contributed by atoms with Crippen LogP contribution < -0.4 is 5.32 Å². The van der Waals surface area contributed by atoms with Gasteiger partial charge in [-0.1, -0.05) is 17.7 Å². The van der Waals surface area contributed by atoms with Crippen molar-refractivity contribution in [3.05, 3.63) is 46.2 Å². The maximum atomic E-state index is 12.5. The standard InChI is InChI=1S/C17H18N2O5S/c1-8-3-4-11(9(2)5-8)14(21)18-12-15(22)19-13(17(23)24)10(6-20)7-25-16(12)19/h3-5,12,16,20H,6-7H2,1-2H3,(H,18,21)(H,23,24)/t12-,16-/m0/s1. The van der Waals surface area contributed by atoms with Gasteiger partial charge in [-0.25, -0.2) is 4.79 Å². The molecule has 2 aliphatic rings. The summed E-state index contributed by atoms with van der Waals surface area (Å²) in [6.07, 6.45) is 0. The first-order chi connectivity index (χ1) is 11.8. The summed E-state index contributed by atoms with van der Waals surface area (Å²) in [5, 5.41) is 20.9. The van der Waals surface area contributed by atoms with Crippen LogP contribution >= 0.6 is 11.8 Å². The lowest BCUT2D eigenvalue weighted by atomic mass is 10.0. The number of hydrogen-bond donors (Lipinski definition) is 3. The van der Waals surface area contributed by atoms with Gasteiger partial charge in [-0.15, -0.1) is 11.8 Å². The van der Waals surface area contributed by atoms with Gasteiger partial charge in [0.25, 0.3) is 11.8 Å². The van der Waals surface area contributed by atoms with Gasteiger partial charge in [0.05, 0.1) is 6.61 Å². The quantitative estimate of drug-likeness (QED) is 0.679. The molecule has 1 saturated heterocycles. The number of carbonyl (C=O) groups excluding carboxylic acids is 2. The highest BCUT2D eigenvalue weighted by atomic mass is 32.2. The number of benzene rings is 1. The van der Waals surface area contributed by atoms with Gasteiger partial charge in [0.1, 0.15) is 17.1 Å². The third-order valence-electron chi connectivity index (χ3n) is 4.35. The number of thioether (sulfide) groups is 1. The highest BCUT2D eigenvalue weighted by Crippen LogP contribution is 2.40. The summed E-state index contributed by atoms with van der Waals surface area (Å²) < 4.78 is 0. The number of carboxylic acids is 1. The fraction of sp³-hybridized carbons (Fsp3) is 0.353. The fourth-order valence-corrected chi connectivity index (χ4v) is 4.43. The van der Waals surface area contributed by atoms with Crippen molar-refractivity contribution < 1.29 is 24.6 Å². The molecular formula is C17H18N2O5S. The highest BCUT2D eigenvalue weighted by molar-refractivity contribution is 8.00. The lowest BCUT2D eigenvalue weighted by Crippen LogP contribution is -2.70. The minimum Gasteiger partial charge on any atom is -0.477 e. The summed E-state index contributed by atoms with van der Waals surface area (Å²) in [6.45, 7) is 3.34. The molecule has 7 nitrogen and oxygen atoms in total. The van der Waals surface area contributed by atoms with Crippen LogP contribution in [0.4, 0.5) is 0 Å². The van der Waals surface area contributed by atoms with E-state index in [0.29, 0.717) is 16.9 Å². The molecule has 0 unspecified atom stereocenters. The van der Waals surface area contributed by atoms with Crippen LogP contribution in [-0.4, -0.2) is 56.7 Å². The molecule has 25 heavy (non-hydrogen) atoms. The van der Waals surface area contributed by atoms with Gasteiger partial charge in [-0.3, -0.25) is 14.5 Å². The zero-order chi connectivity index (χ0) is 18.3. The molecule has 0 bridgehead atoms. The molecule has 1 fully saturated rings. The van der Waals surface area contributed by atoms with Gasteiger partial charge in [0.15, 0.2) is 0 Å². The summed E-state index contributed by atoms with van der Waals surface area (Å²) in [5.74, 6) is -1.77. The largest absolute Gasteiger partial charge is 0.477 e. The van der Waals surface area contributed by atoms with Crippen LogP contribution in [0, 0.1) is 13.8 Å². The Morgan fingerprint density at radius 3 is 2.68 bits per heavy atom. The van der Waals surface area contributed by atoms with E-state index in [4.69, 9.17) is 0 Å². The van der Waals surface area contributed by atoms with E-state index in [1.54, 1.807) is 6.07 Å². The third-order valence-corrected chi connectivity index (χ3v) is 5.69. The lowest BCUT2D eigenvalue weighted by molar-refractivity contribution is -0.148. The summed E-state index contributed by atoms with van der Waals surface area (Å²) in [4.78, 5) is 37.4. The molecule has 0 spiro atoms. The van der Waals surface area contributed by atoms with Crippen molar-refractivity contribution in [2.24, 2.45) is 0 Å². The Morgan fingerprint density at radius 2 is 2.08 bits per heavy atom. The number of carbonyl (C=O) groups is 3. The van der Waals surface area contributed by atoms with Crippen LogP contribution in [0.5, 0.6) is 0 Å². The second-order valence-corrected chi connectivity index (χ2v) is 7.20. The number of aliphatic hydroxyl groups excluding tert-OH is 1. The molecule has 2 heterocycles. The van der Waals surface area contributed by atoms with Gasteiger partial charge >= 0.3 is 5.97 Å². The van der Waals surface area contributed by atoms with Gasteiger partial charge in [-0.05, 0) is 31.1 Å². The molecular weight excluding hydrogens is 344 g/mol. The van der Waals surface area contributed by atoms with Crippen LogP contribution in [0.2, 0.25) is 0 Å². The molecule has 1 aromatic rings. The molecule has 3 N–H and O–H groups in total. The molecule has 2 atom stereocenters. The first-order valence-corrected chi connectivity index (χ1v) is 8.79. The van der Waals surface area contributed by atoms with Crippen molar-refractivity contribution in [3.8, 4) is 0 Å². The fourth-order valence-electron chi connectivity index (χ4n) is 3.09. The summed E-state index contributed by atoms with van der Waals surface area (Å²) in [6, 6.07) is 4.65. The van der Waals surface area contributed by atoms with E-state index in [1.807, 2.05) is 26.0 Å². The normalized spacial score (nSPS) is 22.4. The average molecular weight is 362 g/mol. The van der Waals surface area contributed by atoms with Crippen LogP contribution in [-0.2, 0) is 9.59 Å². The van der Waals surface area contributed by atoms with E-state index in [-0.39, 0.29) is 11.6 Å². The average Bonchev–Trinajstić information content (AvgIpc) is 2.57. The smallest absolute Gasteiger partial charge is 0.352 e. The summed E-state index contributed by atoms with van der Waals surface area (Å²) in [5.41, 5.74) is 2.47. The van der Waals surface area contributed by atoms with E-state index in [1.165, 1.54) is 11.8 Å². The van der Waals surface area contributed by atoms with E-state index in [2.05, 4.69) is 5.32 Å². The monoisotopic (exact) mass is 362 g/mol. The van der Waals surface area contributed by atoms with E-state index < -0.39 is 29.9 Å². The summed E-state index contributed by atoms with van der Waals surface area (Å²) >= 11 is 1.33. The van der Waals surface area contributed by atoms with Gasteiger partial charge in [-0.2, -0.15) is 0 Å². The SMILES string of the molecule is Cc1ccc(C(=O)N[C@H]2C(=O)N3C(C(=O)O)=C(CO)CS[C@@H]23)c(C)c1. The Hall–Kier alpha value is -2.32. The number of fused-ring (bicyclic) bond motifs is 1. The Kier molecular flexibility index (Phi) is 4.57. The molecule has 0 aliphatic carbocycles. The van der Waals surface area contributed by atoms with Crippen molar-refractivity contribution >= 4 is 29.5 Å². The van der Waals surface area contributed by atoms with Crippen molar-refractivity contribution in [1.29, 1.82) is 0 Å². The number of aryl methyl sites for hydroxylation is 2. The van der Waals surface area contributed by atoms with Gasteiger partial charge < -0.3 is 15.5 Å². The predicted octanol–water partition coefficient (Wildman–Crippen LogP) is 0.648. The van der Waals surface area contributed by atoms with Crippen LogP contribution in [0.1, 0.15) is 21.5 Å². The molecule has 0 radical (unpaired) electrons. The van der Waals surface area contributed by atoms with Crippen LogP contribution in [0.3, 0.4) is 0 Å². The number of amides is 2. The van der Waals surface area contributed by atoms with Gasteiger partial charge in [0, 0.05) is 11.3 Å². The Morgan fingerprint density at radius 1 is 1.36 bits per heavy atom. The molecule has 2 amide bonds. The van der Waals surface area contributed by atoms with E-state index in [0.717, 1.165) is 16.0 Å². The van der Waals surface area contributed by atoms with Crippen molar-refractivity contribution in [3.63, 3.8) is 0 Å². The topological polar surface area (TPSA) is 107 Å². The number of β-lactam (4-membered cyclic amide) rings is 1. The first kappa shape index (κ1) is 17.5. The zero-order valence-corrected chi connectivity index (χ0v) is 14.6. The number of hydrogen-bond acceptors (Lipinski definition) is 5. The van der Waals surface area contributed by atoms with Crippen molar-refractivity contribution in [1.82, 2.24) is 10.2 Å². The van der Waals surface area contributed by atoms with E-state index >= 15 is 0 Å². The predicted molar refractivity (Wildman–Crippen MR) is 92.0 cm³/mol. The molecule has 0 aromatic heterocycles. The molecule has 2 aliphatic heterocycles. The van der Waals surface area contributed by atoms with E-state index in [9.17, 15) is 24.6 Å². The number of nitrogens with zero attached hydrogens (tertiary/aromatic N) is 1. The number of nitrogens with one attached hydrogen (secondary N) is 1. The lowest BCUT2D eigenvalue weighted by Gasteiger charge is -2.49. The van der Waals surface area contributed by atoms with Crippen LogP contribution in [0.25, 0.3) is 0 Å². The number of rotatable bonds is 4. The Balaban J connectivity index is 1.79. The van der Waals surface area contributed by atoms with Crippen LogP contribution in [0.15, 0.2) is 29.5 Å². The van der Waals surface area contributed by atoms with Gasteiger partial charge in [0.2, 0.25) is 0 Å². The third kappa shape index (κ3) is 2.91. The molecule has 8 heteroatoms. The summed E-state index contributed by atoms with van der Waals surface area (Å²) in [7, 11) is 0. The number of aliphatic hydroxyl groups is 1. The van der Waals surface area contributed by atoms with Crippen molar-refractivity contribution in [2.45, 2.75) is 25.3 Å². The Labute approximate surface area is 148 Å². The highest BCUT2D eigenvalue weighted by Gasteiger charge is 2.54. The molecule has 1 aromatic carbocycles. The molecule has 3 rings (SSSR count). The Bertz CT molecular complexity index is 804. The second kappa shape index (κ2) is 6.53.